The van der Waals surface area contributed by atoms with Crippen molar-refractivity contribution in [3.05, 3.63) is 35.4 Å². The number of nitrogens with zero attached hydrogens (tertiary/aromatic N) is 1. The number of rotatable bonds is 4. The molecule has 4 heteroatoms. The molecular formula is C20H30N2O2. The van der Waals surface area contributed by atoms with Gasteiger partial charge in [-0.15, -0.1) is 0 Å². The van der Waals surface area contributed by atoms with Gasteiger partial charge in [-0.1, -0.05) is 38.1 Å². The van der Waals surface area contributed by atoms with E-state index in [1.54, 1.807) is 0 Å². The van der Waals surface area contributed by atoms with Crippen molar-refractivity contribution in [3.8, 4) is 0 Å². The van der Waals surface area contributed by atoms with Crippen molar-refractivity contribution in [2.75, 3.05) is 13.2 Å². The molecule has 3 rings (SSSR count). The van der Waals surface area contributed by atoms with Crippen molar-refractivity contribution >= 4 is 5.91 Å². The molecule has 1 aromatic rings. The van der Waals surface area contributed by atoms with Gasteiger partial charge in [-0.25, -0.2) is 0 Å². The number of fused-ring (bicyclic) bond motifs is 1. The SMILES string of the molecule is CCN(Cc1ccccc1C)C(=O)C1(N)C2CCCOC2C1(C)C. The van der Waals surface area contributed by atoms with Crippen LogP contribution < -0.4 is 5.73 Å². The number of hydrogen-bond donors (Lipinski definition) is 1. The molecule has 2 aliphatic rings. The number of hydrogen-bond acceptors (Lipinski definition) is 3. The Morgan fingerprint density at radius 2 is 2.08 bits per heavy atom. The molecule has 132 valence electrons. The van der Waals surface area contributed by atoms with E-state index < -0.39 is 5.54 Å². The minimum atomic E-state index is -0.823. The van der Waals surface area contributed by atoms with Gasteiger partial charge in [0, 0.05) is 31.0 Å². The molecule has 2 fully saturated rings. The summed E-state index contributed by atoms with van der Waals surface area (Å²) in [4.78, 5) is 15.3. The van der Waals surface area contributed by atoms with Crippen LogP contribution in [0, 0.1) is 18.3 Å². The highest BCUT2D eigenvalue weighted by atomic mass is 16.5. The minimum Gasteiger partial charge on any atom is -0.377 e. The Hall–Kier alpha value is -1.39. The first kappa shape index (κ1) is 17.4. The molecule has 0 bridgehead atoms. The molecule has 3 unspecified atom stereocenters. The summed E-state index contributed by atoms with van der Waals surface area (Å²) in [7, 11) is 0. The molecule has 0 aromatic heterocycles. The van der Waals surface area contributed by atoms with Crippen molar-refractivity contribution in [1.29, 1.82) is 0 Å². The van der Waals surface area contributed by atoms with E-state index in [2.05, 4.69) is 32.9 Å². The molecule has 1 aliphatic heterocycles. The highest BCUT2D eigenvalue weighted by molar-refractivity contribution is 5.89. The van der Waals surface area contributed by atoms with E-state index in [0.717, 1.165) is 19.4 Å². The normalized spacial score (nSPS) is 31.0. The monoisotopic (exact) mass is 330 g/mol. The number of amides is 1. The van der Waals surface area contributed by atoms with Crippen molar-refractivity contribution in [2.24, 2.45) is 17.1 Å². The summed E-state index contributed by atoms with van der Waals surface area (Å²) >= 11 is 0. The Kier molecular flexibility index (Phi) is 4.47. The van der Waals surface area contributed by atoms with E-state index in [1.165, 1.54) is 11.1 Å². The average molecular weight is 330 g/mol. The first-order valence-corrected chi connectivity index (χ1v) is 9.08. The number of carbonyl (C=O) groups excluding carboxylic acids is 1. The van der Waals surface area contributed by atoms with Gasteiger partial charge in [-0.3, -0.25) is 4.79 Å². The van der Waals surface area contributed by atoms with Crippen LogP contribution >= 0.6 is 0 Å². The summed E-state index contributed by atoms with van der Waals surface area (Å²) < 4.78 is 5.94. The van der Waals surface area contributed by atoms with E-state index >= 15 is 0 Å². The maximum absolute atomic E-state index is 13.4. The van der Waals surface area contributed by atoms with Crippen LogP contribution in [0.15, 0.2) is 24.3 Å². The minimum absolute atomic E-state index is 0.0741. The van der Waals surface area contributed by atoms with Crippen LogP contribution in [-0.2, 0) is 16.1 Å². The number of aryl methyl sites for hydroxylation is 1. The smallest absolute Gasteiger partial charge is 0.243 e. The first-order chi connectivity index (χ1) is 11.3. The highest BCUT2D eigenvalue weighted by Crippen LogP contribution is 2.58. The zero-order chi connectivity index (χ0) is 17.5. The summed E-state index contributed by atoms with van der Waals surface area (Å²) in [6.07, 6.45) is 2.09. The third-order valence-electron chi connectivity index (χ3n) is 6.33. The second kappa shape index (κ2) is 6.16. The van der Waals surface area contributed by atoms with Gasteiger partial charge in [0.2, 0.25) is 5.91 Å². The zero-order valence-corrected chi connectivity index (χ0v) is 15.3. The number of likely N-dealkylation sites (N-methyl/N-ethyl adjacent to an activating group) is 1. The second-order valence-corrected chi connectivity index (χ2v) is 7.88. The Labute approximate surface area is 145 Å². The third-order valence-corrected chi connectivity index (χ3v) is 6.33. The fraction of sp³-hybridized carbons (Fsp3) is 0.650. The molecule has 1 saturated heterocycles. The lowest BCUT2D eigenvalue weighted by atomic mass is 9.46. The molecule has 0 spiro atoms. The predicted molar refractivity (Wildman–Crippen MR) is 95.4 cm³/mol. The number of ether oxygens (including phenoxy) is 1. The summed E-state index contributed by atoms with van der Waals surface area (Å²) in [6.45, 7) is 10.4. The fourth-order valence-corrected chi connectivity index (χ4v) is 4.59. The van der Waals surface area contributed by atoms with E-state index in [1.807, 2.05) is 24.0 Å². The van der Waals surface area contributed by atoms with Gasteiger partial charge in [0.15, 0.2) is 0 Å². The van der Waals surface area contributed by atoms with Crippen LogP contribution in [0.4, 0.5) is 0 Å². The maximum atomic E-state index is 13.4. The van der Waals surface area contributed by atoms with Crippen LogP contribution in [0.1, 0.15) is 44.7 Å². The lowest BCUT2D eigenvalue weighted by Crippen LogP contribution is -2.82. The molecule has 1 amide bonds. The predicted octanol–water partition coefficient (Wildman–Crippen LogP) is 2.88. The standard InChI is InChI=1S/C20H30N2O2/c1-5-22(13-15-10-7-6-9-14(15)2)18(23)20(21)16-11-8-12-24-17(16)19(20,3)4/h6-7,9-10,16-17H,5,8,11-13,21H2,1-4H3. The fourth-order valence-electron chi connectivity index (χ4n) is 4.59. The molecule has 3 atom stereocenters. The van der Waals surface area contributed by atoms with E-state index in [4.69, 9.17) is 10.5 Å². The Morgan fingerprint density at radius 3 is 2.75 bits per heavy atom. The largest absolute Gasteiger partial charge is 0.377 e. The summed E-state index contributed by atoms with van der Waals surface area (Å²) in [5.74, 6) is 0.213. The number of nitrogens with two attached hydrogens (primary N) is 1. The lowest BCUT2D eigenvalue weighted by molar-refractivity contribution is -0.230. The van der Waals surface area contributed by atoms with Crippen molar-refractivity contribution < 1.29 is 9.53 Å². The zero-order valence-electron chi connectivity index (χ0n) is 15.3. The first-order valence-electron chi connectivity index (χ1n) is 9.08. The quantitative estimate of drug-likeness (QED) is 0.923. The van der Waals surface area contributed by atoms with E-state index in [9.17, 15) is 4.79 Å². The average Bonchev–Trinajstić information content (AvgIpc) is 2.59. The van der Waals surface area contributed by atoms with Gasteiger partial charge < -0.3 is 15.4 Å². The molecular weight excluding hydrogens is 300 g/mol. The third kappa shape index (κ3) is 2.39. The molecule has 0 radical (unpaired) electrons. The van der Waals surface area contributed by atoms with E-state index in [-0.39, 0.29) is 23.3 Å². The van der Waals surface area contributed by atoms with E-state index in [0.29, 0.717) is 13.1 Å². The summed E-state index contributed by atoms with van der Waals surface area (Å²) in [5, 5.41) is 0. The van der Waals surface area contributed by atoms with Crippen molar-refractivity contribution in [1.82, 2.24) is 4.90 Å². The Bertz CT molecular complexity index is 628. The highest BCUT2D eigenvalue weighted by Gasteiger charge is 2.70. The van der Waals surface area contributed by atoms with Crippen LogP contribution in [0.3, 0.4) is 0 Å². The second-order valence-electron chi connectivity index (χ2n) is 7.88. The van der Waals surface area contributed by atoms with Crippen LogP contribution in [0.25, 0.3) is 0 Å². The summed E-state index contributed by atoms with van der Waals surface area (Å²) in [6, 6.07) is 8.23. The summed E-state index contributed by atoms with van der Waals surface area (Å²) in [5.41, 5.74) is 8.02. The Morgan fingerprint density at radius 1 is 1.38 bits per heavy atom. The van der Waals surface area contributed by atoms with Crippen LogP contribution in [-0.4, -0.2) is 35.6 Å². The van der Waals surface area contributed by atoms with Gasteiger partial charge in [0.05, 0.1) is 6.10 Å². The molecule has 1 aliphatic carbocycles. The number of benzene rings is 1. The molecule has 2 N–H and O–H groups in total. The molecule has 1 aromatic carbocycles. The topological polar surface area (TPSA) is 55.6 Å². The maximum Gasteiger partial charge on any atom is 0.243 e. The van der Waals surface area contributed by atoms with Gasteiger partial charge in [0.25, 0.3) is 0 Å². The molecule has 1 saturated carbocycles. The van der Waals surface area contributed by atoms with Crippen molar-refractivity contribution in [3.63, 3.8) is 0 Å². The van der Waals surface area contributed by atoms with Crippen LogP contribution in [0.2, 0.25) is 0 Å². The van der Waals surface area contributed by atoms with Crippen LogP contribution in [0.5, 0.6) is 0 Å². The van der Waals surface area contributed by atoms with Gasteiger partial charge in [-0.05, 0) is 37.8 Å². The van der Waals surface area contributed by atoms with Gasteiger partial charge in [-0.2, -0.15) is 0 Å². The Balaban J connectivity index is 1.84. The molecule has 24 heavy (non-hydrogen) atoms. The lowest BCUT2D eigenvalue weighted by Gasteiger charge is -2.65. The number of carbonyl (C=O) groups is 1. The van der Waals surface area contributed by atoms with Crippen molar-refractivity contribution in [2.45, 2.75) is 58.7 Å². The molecule has 4 nitrogen and oxygen atoms in total. The molecule has 1 heterocycles. The van der Waals surface area contributed by atoms with Gasteiger partial charge in [0.1, 0.15) is 5.54 Å². The van der Waals surface area contributed by atoms with Gasteiger partial charge >= 0.3 is 0 Å².